The number of aryl methyl sites for hydroxylation is 1. The molecule has 1 amide bonds. The normalized spacial score (nSPS) is 11.1. The van der Waals surface area contributed by atoms with Gasteiger partial charge in [0.2, 0.25) is 0 Å². The van der Waals surface area contributed by atoms with Crippen molar-refractivity contribution in [3.8, 4) is 0 Å². The second-order valence-corrected chi connectivity index (χ2v) is 4.50. The summed E-state index contributed by atoms with van der Waals surface area (Å²) in [5.74, 6) is -1.20. The lowest BCUT2D eigenvalue weighted by Crippen LogP contribution is -2.27. The van der Waals surface area contributed by atoms with E-state index in [0.29, 0.717) is 0 Å². The highest BCUT2D eigenvalue weighted by Crippen LogP contribution is 2.14. The van der Waals surface area contributed by atoms with Crippen LogP contribution in [0.3, 0.4) is 0 Å². The quantitative estimate of drug-likeness (QED) is 0.817. The molecule has 2 N–H and O–H groups in total. The second kappa shape index (κ2) is 4.44. The molecule has 1 aromatic heterocycles. The highest BCUT2D eigenvalue weighted by Gasteiger charge is 2.20. The fraction of sp³-hybridized carbons (Fsp3) is 0.500. The van der Waals surface area contributed by atoms with E-state index in [1.54, 1.807) is 27.8 Å². The summed E-state index contributed by atoms with van der Waals surface area (Å²) in [6.45, 7) is 5.13. The maximum Gasteiger partial charge on any atom is 0.413 e. The van der Waals surface area contributed by atoms with Crippen molar-refractivity contribution in [2.75, 3.05) is 5.32 Å². The van der Waals surface area contributed by atoms with Crippen molar-refractivity contribution in [2.24, 2.45) is 7.05 Å². The standard InChI is InChI=1S/C10H15N3O4/c1-10(2,3)17-9(16)11-7-6(8(14)15)5-13(4)12-7/h5H,1-4H3,(H,14,15)(H,11,12,16). The van der Waals surface area contributed by atoms with E-state index in [1.165, 1.54) is 10.9 Å². The van der Waals surface area contributed by atoms with Crippen molar-refractivity contribution in [1.29, 1.82) is 0 Å². The molecule has 1 heterocycles. The predicted octanol–water partition coefficient (Wildman–Crippen LogP) is 1.47. The fourth-order valence-corrected chi connectivity index (χ4v) is 1.14. The van der Waals surface area contributed by atoms with Gasteiger partial charge >= 0.3 is 12.1 Å². The molecule has 1 aromatic rings. The van der Waals surface area contributed by atoms with Gasteiger partial charge in [0, 0.05) is 13.2 Å². The van der Waals surface area contributed by atoms with Crippen LogP contribution in [0.25, 0.3) is 0 Å². The highest BCUT2D eigenvalue weighted by atomic mass is 16.6. The van der Waals surface area contributed by atoms with Gasteiger partial charge in [-0.3, -0.25) is 10.00 Å². The Kier molecular flexibility index (Phi) is 3.40. The zero-order valence-corrected chi connectivity index (χ0v) is 10.1. The van der Waals surface area contributed by atoms with Crippen LogP contribution < -0.4 is 5.32 Å². The molecule has 0 fully saturated rings. The maximum atomic E-state index is 11.4. The average Bonchev–Trinajstić information content (AvgIpc) is 2.42. The molecule has 7 heteroatoms. The van der Waals surface area contributed by atoms with Crippen LogP contribution in [-0.2, 0) is 11.8 Å². The van der Waals surface area contributed by atoms with Crippen molar-refractivity contribution in [2.45, 2.75) is 26.4 Å². The number of carbonyl (C=O) groups excluding carboxylic acids is 1. The number of aromatic nitrogens is 2. The number of carbonyl (C=O) groups is 2. The molecule has 0 atom stereocenters. The van der Waals surface area contributed by atoms with Crippen molar-refractivity contribution >= 4 is 17.9 Å². The van der Waals surface area contributed by atoms with Crippen LogP contribution in [0.15, 0.2) is 6.20 Å². The van der Waals surface area contributed by atoms with E-state index >= 15 is 0 Å². The van der Waals surface area contributed by atoms with Crippen LogP contribution in [0.1, 0.15) is 31.1 Å². The Bertz CT molecular complexity index is 445. The van der Waals surface area contributed by atoms with Gasteiger partial charge in [0.25, 0.3) is 0 Å². The first kappa shape index (κ1) is 13.0. The number of hydrogen-bond donors (Lipinski definition) is 2. The Morgan fingerprint density at radius 3 is 2.53 bits per heavy atom. The topological polar surface area (TPSA) is 93.5 Å². The van der Waals surface area contributed by atoms with Crippen molar-refractivity contribution in [3.05, 3.63) is 11.8 Å². The van der Waals surface area contributed by atoms with Gasteiger partial charge in [-0.2, -0.15) is 5.10 Å². The van der Waals surface area contributed by atoms with Gasteiger partial charge in [-0.05, 0) is 20.8 Å². The van der Waals surface area contributed by atoms with E-state index in [-0.39, 0.29) is 11.4 Å². The van der Waals surface area contributed by atoms with E-state index < -0.39 is 17.7 Å². The van der Waals surface area contributed by atoms with Gasteiger partial charge in [0.15, 0.2) is 5.82 Å². The minimum atomic E-state index is -1.16. The number of nitrogens with one attached hydrogen (secondary N) is 1. The fourth-order valence-electron chi connectivity index (χ4n) is 1.14. The summed E-state index contributed by atoms with van der Waals surface area (Å²) in [5.41, 5.74) is -0.735. The number of anilines is 1. The van der Waals surface area contributed by atoms with Gasteiger partial charge < -0.3 is 9.84 Å². The zero-order chi connectivity index (χ0) is 13.2. The Hall–Kier alpha value is -2.05. The van der Waals surface area contributed by atoms with Crippen molar-refractivity contribution in [3.63, 3.8) is 0 Å². The number of hydrogen-bond acceptors (Lipinski definition) is 4. The number of carboxylic acids is 1. The van der Waals surface area contributed by atoms with E-state index in [2.05, 4.69) is 10.4 Å². The smallest absolute Gasteiger partial charge is 0.413 e. The summed E-state index contributed by atoms with van der Waals surface area (Å²) in [4.78, 5) is 22.3. The van der Waals surface area contributed by atoms with Gasteiger partial charge in [0.1, 0.15) is 11.2 Å². The highest BCUT2D eigenvalue weighted by molar-refractivity contribution is 5.97. The number of nitrogens with zero attached hydrogens (tertiary/aromatic N) is 2. The van der Waals surface area contributed by atoms with Crippen LogP contribution in [-0.4, -0.2) is 32.6 Å². The summed E-state index contributed by atoms with van der Waals surface area (Å²) < 4.78 is 6.30. The van der Waals surface area contributed by atoms with Crippen LogP contribution in [0.5, 0.6) is 0 Å². The summed E-state index contributed by atoms with van der Waals surface area (Å²) in [5, 5.41) is 15.0. The lowest BCUT2D eigenvalue weighted by molar-refractivity contribution is 0.0635. The van der Waals surface area contributed by atoms with Gasteiger partial charge in [0.05, 0.1) is 0 Å². The molecule has 94 valence electrons. The number of ether oxygens (including phenoxy) is 1. The minimum Gasteiger partial charge on any atom is -0.477 e. The molecule has 0 saturated carbocycles. The molecule has 0 unspecified atom stereocenters. The molecule has 1 rings (SSSR count). The number of aromatic carboxylic acids is 1. The van der Waals surface area contributed by atoms with E-state index in [9.17, 15) is 9.59 Å². The molecule has 0 saturated heterocycles. The third-order valence-corrected chi connectivity index (χ3v) is 1.68. The largest absolute Gasteiger partial charge is 0.477 e. The third kappa shape index (κ3) is 3.78. The SMILES string of the molecule is Cn1cc(C(=O)O)c(NC(=O)OC(C)(C)C)n1. The molecule has 0 radical (unpaired) electrons. The lowest BCUT2D eigenvalue weighted by Gasteiger charge is -2.19. The Labute approximate surface area is 98.4 Å². The molecular weight excluding hydrogens is 226 g/mol. The summed E-state index contributed by atoms with van der Waals surface area (Å²) in [6.07, 6.45) is 0.563. The predicted molar refractivity (Wildman–Crippen MR) is 60.0 cm³/mol. The Morgan fingerprint density at radius 1 is 1.47 bits per heavy atom. The summed E-state index contributed by atoms with van der Waals surface area (Å²) >= 11 is 0. The number of carboxylic acid groups (broad SMARTS) is 1. The molecule has 0 aliphatic rings. The summed E-state index contributed by atoms with van der Waals surface area (Å²) in [6, 6.07) is 0. The summed E-state index contributed by atoms with van der Waals surface area (Å²) in [7, 11) is 1.56. The number of amides is 1. The van der Waals surface area contributed by atoms with Gasteiger partial charge in [-0.25, -0.2) is 9.59 Å². The Balaban J connectivity index is 2.81. The van der Waals surface area contributed by atoms with Crippen LogP contribution in [0, 0.1) is 0 Å². The molecule has 0 aliphatic heterocycles. The van der Waals surface area contributed by atoms with Crippen LogP contribution in [0.2, 0.25) is 0 Å². The van der Waals surface area contributed by atoms with Gasteiger partial charge in [-0.15, -0.1) is 0 Å². The molecule has 0 aliphatic carbocycles. The third-order valence-electron chi connectivity index (χ3n) is 1.68. The van der Waals surface area contributed by atoms with Crippen molar-refractivity contribution in [1.82, 2.24) is 9.78 Å². The molecule has 0 spiro atoms. The maximum absolute atomic E-state index is 11.4. The number of rotatable bonds is 2. The first-order chi connectivity index (χ1) is 7.69. The van der Waals surface area contributed by atoms with E-state index in [4.69, 9.17) is 9.84 Å². The van der Waals surface area contributed by atoms with E-state index in [1.807, 2.05) is 0 Å². The average molecular weight is 241 g/mol. The van der Waals surface area contributed by atoms with Crippen LogP contribution in [0.4, 0.5) is 10.6 Å². The van der Waals surface area contributed by atoms with Crippen molar-refractivity contribution < 1.29 is 19.4 Å². The second-order valence-electron chi connectivity index (χ2n) is 4.50. The first-order valence-electron chi connectivity index (χ1n) is 4.96. The Morgan fingerprint density at radius 2 is 2.06 bits per heavy atom. The minimum absolute atomic E-state index is 0.0331. The first-order valence-corrected chi connectivity index (χ1v) is 4.96. The van der Waals surface area contributed by atoms with Crippen LogP contribution >= 0.6 is 0 Å². The monoisotopic (exact) mass is 241 g/mol. The zero-order valence-electron chi connectivity index (χ0n) is 10.1. The molecule has 0 aromatic carbocycles. The molecule has 17 heavy (non-hydrogen) atoms. The molecular formula is C10H15N3O4. The molecule has 7 nitrogen and oxygen atoms in total. The lowest BCUT2D eigenvalue weighted by atomic mass is 10.2. The van der Waals surface area contributed by atoms with Gasteiger partial charge in [-0.1, -0.05) is 0 Å². The van der Waals surface area contributed by atoms with E-state index in [0.717, 1.165) is 0 Å². The molecule has 0 bridgehead atoms.